The average Bonchev–Trinajstić information content (AvgIpc) is 3.14. The van der Waals surface area contributed by atoms with Gasteiger partial charge in [0.25, 0.3) is 11.5 Å². The Kier molecular flexibility index (Phi) is 7.83. The molecular weight excluding hydrogens is 494 g/mol. The zero-order chi connectivity index (χ0) is 26.0. The van der Waals surface area contributed by atoms with Crippen LogP contribution in [0.25, 0.3) is 6.08 Å². The molecule has 0 N–H and O–H groups in total. The van der Waals surface area contributed by atoms with Crippen LogP contribution in [0, 0.1) is 18.3 Å². The molecule has 36 heavy (non-hydrogen) atoms. The third-order valence-electron chi connectivity index (χ3n) is 6.70. The standard InChI is InChI=1S/C26H29N5O3S2/c1-17-20(23(29(3)24(32)21(17)16-27)30-13-11-28(2)12-14-30)15-22-25(33)31(26(35)36-22)10-9-18-5-7-19(34-4)8-6-18/h5-8,15H,9-14H2,1-4H3/b22-15-. The van der Waals surface area contributed by atoms with Gasteiger partial charge in [-0.1, -0.05) is 36.1 Å². The highest BCUT2D eigenvalue weighted by Gasteiger charge is 2.33. The highest BCUT2D eigenvalue weighted by molar-refractivity contribution is 8.26. The van der Waals surface area contributed by atoms with Crippen molar-refractivity contribution in [2.45, 2.75) is 13.3 Å². The summed E-state index contributed by atoms with van der Waals surface area (Å²) in [6, 6.07) is 9.81. The molecule has 2 aliphatic rings. The second kappa shape index (κ2) is 10.9. The summed E-state index contributed by atoms with van der Waals surface area (Å²) >= 11 is 6.81. The minimum absolute atomic E-state index is 0.0941. The molecule has 0 spiro atoms. The Morgan fingerprint density at radius 2 is 1.81 bits per heavy atom. The van der Waals surface area contributed by atoms with Gasteiger partial charge in [-0.3, -0.25) is 19.1 Å². The summed E-state index contributed by atoms with van der Waals surface area (Å²) < 4.78 is 7.25. The van der Waals surface area contributed by atoms with E-state index in [1.807, 2.05) is 24.3 Å². The number of likely N-dealkylation sites (N-methyl/N-ethyl adjacent to an activating group) is 1. The number of hydrogen-bond acceptors (Lipinski definition) is 8. The summed E-state index contributed by atoms with van der Waals surface area (Å²) in [4.78, 5) is 32.8. The molecule has 3 heterocycles. The Morgan fingerprint density at radius 3 is 2.42 bits per heavy atom. The normalized spacial score (nSPS) is 17.7. The van der Waals surface area contributed by atoms with Gasteiger partial charge >= 0.3 is 0 Å². The van der Waals surface area contributed by atoms with Crippen LogP contribution in [0.1, 0.15) is 22.3 Å². The fourth-order valence-electron chi connectivity index (χ4n) is 4.47. The fraction of sp³-hybridized carbons (Fsp3) is 0.385. The molecule has 4 rings (SSSR count). The third kappa shape index (κ3) is 5.05. The van der Waals surface area contributed by atoms with E-state index < -0.39 is 0 Å². The third-order valence-corrected chi connectivity index (χ3v) is 8.08. The number of thioether (sulfide) groups is 1. The number of carbonyl (C=O) groups is 1. The molecule has 1 aromatic carbocycles. The zero-order valence-electron chi connectivity index (χ0n) is 20.9. The molecule has 0 aliphatic carbocycles. The molecule has 10 heteroatoms. The lowest BCUT2D eigenvalue weighted by Gasteiger charge is -2.36. The number of benzene rings is 1. The number of aromatic nitrogens is 1. The van der Waals surface area contributed by atoms with E-state index in [1.54, 1.807) is 32.1 Å². The number of nitriles is 1. The first-order chi connectivity index (χ1) is 17.2. The Labute approximate surface area is 220 Å². The number of methoxy groups -OCH3 is 1. The van der Waals surface area contributed by atoms with Gasteiger partial charge in [-0.25, -0.2) is 0 Å². The minimum atomic E-state index is -0.326. The van der Waals surface area contributed by atoms with Crippen molar-refractivity contribution in [3.8, 4) is 11.8 Å². The molecule has 188 valence electrons. The Bertz CT molecular complexity index is 1320. The number of nitrogens with zero attached hydrogens (tertiary/aromatic N) is 5. The molecule has 2 fully saturated rings. The maximum atomic E-state index is 13.4. The molecule has 2 aliphatic heterocycles. The second-order valence-electron chi connectivity index (χ2n) is 8.94. The van der Waals surface area contributed by atoms with Gasteiger partial charge in [-0.05, 0) is 49.7 Å². The summed E-state index contributed by atoms with van der Waals surface area (Å²) in [7, 11) is 5.38. The summed E-state index contributed by atoms with van der Waals surface area (Å²) in [5.74, 6) is 1.36. The van der Waals surface area contributed by atoms with Crippen LogP contribution in [0.2, 0.25) is 0 Å². The van der Waals surface area contributed by atoms with Crippen LogP contribution in [0.3, 0.4) is 0 Å². The molecule has 0 bridgehead atoms. The van der Waals surface area contributed by atoms with Crippen LogP contribution in [-0.2, 0) is 18.3 Å². The SMILES string of the molecule is COc1ccc(CCN2C(=O)/C(=C/c3c(C)c(C#N)c(=O)n(C)c3N3CCN(C)CC3)SC2=S)cc1. The highest BCUT2D eigenvalue weighted by Crippen LogP contribution is 2.36. The van der Waals surface area contributed by atoms with E-state index in [9.17, 15) is 14.9 Å². The number of thiocarbonyl (C=S) groups is 1. The quantitative estimate of drug-likeness (QED) is 0.422. The van der Waals surface area contributed by atoms with Crippen molar-refractivity contribution < 1.29 is 9.53 Å². The molecule has 0 unspecified atom stereocenters. The molecule has 2 aromatic rings. The van der Waals surface area contributed by atoms with Crippen LogP contribution in [0.5, 0.6) is 5.75 Å². The zero-order valence-corrected chi connectivity index (χ0v) is 22.5. The Morgan fingerprint density at radius 1 is 1.14 bits per heavy atom. The molecular formula is C26H29N5O3S2. The van der Waals surface area contributed by atoms with Gasteiger partial charge < -0.3 is 14.5 Å². The van der Waals surface area contributed by atoms with Crippen LogP contribution < -0.4 is 15.2 Å². The number of carbonyl (C=O) groups excluding carboxylic acids is 1. The minimum Gasteiger partial charge on any atom is -0.497 e. The number of hydrogen-bond donors (Lipinski definition) is 0. The topological polar surface area (TPSA) is 81.8 Å². The number of anilines is 1. The summed E-state index contributed by atoms with van der Waals surface area (Å²) in [6.45, 7) is 5.46. The number of piperazine rings is 1. The number of pyridine rings is 1. The highest BCUT2D eigenvalue weighted by atomic mass is 32.2. The average molecular weight is 524 g/mol. The lowest BCUT2D eigenvalue weighted by atomic mass is 10.0. The molecule has 8 nitrogen and oxygen atoms in total. The van der Waals surface area contributed by atoms with Crippen molar-refractivity contribution in [1.29, 1.82) is 5.26 Å². The van der Waals surface area contributed by atoms with E-state index in [1.165, 1.54) is 16.3 Å². The van der Waals surface area contributed by atoms with Crippen molar-refractivity contribution >= 4 is 46.1 Å². The molecule has 0 radical (unpaired) electrons. The van der Waals surface area contributed by atoms with Gasteiger partial charge in [0.05, 0.1) is 12.0 Å². The summed E-state index contributed by atoms with van der Waals surface area (Å²) in [5, 5.41) is 9.68. The lowest BCUT2D eigenvalue weighted by molar-refractivity contribution is -0.122. The predicted molar refractivity (Wildman–Crippen MR) is 147 cm³/mol. The van der Waals surface area contributed by atoms with E-state index in [-0.39, 0.29) is 17.0 Å². The van der Waals surface area contributed by atoms with Gasteiger partial charge in [-0.15, -0.1) is 0 Å². The van der Waals surface area contributed by atoms with E-state index >= 15 is 0 Å². The van der Waals surface area contributed by atoms with Gasteiger partial charge in [0, 0.05) is 45.3 Å². The van der Waals surface area contributed by atoms with Crippen molar-refractivity contribution in [2.75, 3.05) is 51.8 Å². The van der Waals surface area contributed by atoms with Gasteiger partial charge in [0.2, 0.25) is 0 Å². The molecule has 0 saturated carbocycles. The van der Waals surface area contributed by atoms with E-state index in [0.29, 0.717) is 33.3 Å². The summed E-state index contributed by atoms with van der Waals surface area (Å²) in [6.07, 6.45) is 2.46. The van der Waals surface area contributed by atoms with Gasteiger partial charge in [0.15, 0.2) is 0 Å². The van der Waals surface area contributed by atoms with Crippen molar-refractivity contribution in [2.24, 2.45) is 7.05 Å². The van der Waals surface area contributed by atoms with Crippen LogP contribution in [0.4, 0.5) is 5.82 Å². The predicted octanol–water partition coefficient (Wildman–Crippen LogP) is 2.77. The Hall–Kier alpha value is -3.13. The summed E-state index contributed by atoms with van der Waals surface area (Å²) in [5.41, 5.74) is 2.15. The van der Waals surface area contributed by atoms with Gasteiger partial charge in [0.1, 0.15) is 27.5 Å². The first-order valence-electron chi connectivity index (χ1n) is 11.7. The van der Waals surface area contributed by atoms with Crippen molar-refractivity contribution in [1.82, 2.24) is 14.4 Å². The first-order valence-corrected chi connectivity index (χ1v) is 12.9. The van der Waals surface area contributed by atoms with E-state index in [2.05, 4.69) is 22.9 Å². The lowest BCUT2D eigenvalue weighted by Crippen LogP contribution is -2.46. The molecule has 1 aromatic heterocycles. The molecule has 2 saturated heterocycles. The number of amides is 1. The molecule has 0 atom stereocenters. The van der Waals surface area contributed by atoms with Crippen molar-refractivity contribution in [3.05, 3.63) is 61.8 Å². The largest absolute Gasteiger partial charge is 0.497 e. The second-order valence-corrected chi connectivity index (χ2v) is 10.6. The van der Waals surface area contributed by atoms with Crippen molar-refractivity contribution in [3.63, 3.8) is 0 Å². The van der Waals surface area contributed by atoms with E-state index in [0.717, 1.165) is 43.3 Å². The van der Waals surface area contributed by atoms with Crippen LogP contribution in [0.15, 0.2) is 34.0 Å². The van der Waals surface area contributed by atoms with Crippen LogP contribution >= 0.6 is 24.0 Å². The first kappa shape index (κ1) is 25.9. The van der Waals surface area contributed by atoms with Crippen LogP contribution in [-0.4, -0.2) is 71.5 Å². The maximum Gasteiger partial charge on any atom is 0.270 e. The smallest absolute Gasteiger partial charge is 0.270 e. The number of ether oxygens (including phenoxy) is 1. The maximum absolute atomic E-state index is 13.4. The van der Waals surface area contributed by atoms with E-state index in [4.69, 9.17) is 17.0 Å². The Balaban J connectivity index is 1.66. The number of rotatable bonds is 6. The van der Waals surface area contributed by atoms with Gasteiger partial charge in [-0.2, -0.15) is 5.26 Å². The fourth-order valence-corrected chi connectivity index (χ4v) is 5.76. The monoisotopic (exact) mass is 523 g/mol. The molecule has 1 amide bonds.